The first-order valence-electron chi connectivity index (χ1n) is 13.4. The zero-order chi connectivity index (χ0) is 29.4. The van der Waals surface area contributed by atoms with Crippen LogP contribution in [0.5, 0.6) is 0 Å². The molecule has 0 N–H and O–H groups in total. The second kappa shape index (κ2) is 19.5. The van der Waals surface area contributed by atoms with Gasteiger partial charge in [-0.2, -0.15) is 0 Å². The Kier molecular flexibility index (Phi) is 15.8. The van der Waals surface area contributed by atoms with Crippen LogP contribution in [0.4, 0.5) is 0 Å². The minimum atomic E-state index is -3.65. The maximum absolute atomic E-state index is 8.52. The number of benzene rings is 6. The standard InChI is InChI=1S/2C18H15P.Ag.BrO3/c2*1-4-10-16(11-5-1)19(17-12-6-2-7-13-17)18-14-8-3-9-15-18;;2-1(3)4/h2*1-15H;;/q;;+1;-1/p+2. The maximum Gasteiger partial charge on any atom is 1.00 e. The minimum Gasteiger partial charge on any atom is -0.405 e. The molecular weight excluding hydrogens is 730 g/mol. The molecule has 220 valence electrons. The van der Waals surface area contributed by atoms with E-state index < -0.39 is 30.7 Å². The van der Waals surface area contributed by atoms with Crippen molar-refractivity contribution < 1.29 is 49.8 Å². The van der Waals surface area contributed by atoms with Crippen molar-refractivity contribution in [3.63, 3.8) is 0 Å². The zero-order valence-corrected chi connectivity index (χ0v) is 28.3. The van der Waals surface area contributed by atoms with Crippen molar-refractivity contribution in [2.75, 3.05) is 0 Å². The summed E-state index contributed by atoms with van der Waals surface area (Å²) in [6.07, 6.45) is 0. The van der Waals surface area contributed by atoms with Crippen molar-refractivity contribution in [3.8, 4) is 0 Å². The van der Waals surface area contributed by atoms with Crippen LogP contribution in [0.2, 0.25) is 0 Å². The molecule has 7 heteroatoms. The fourth-order valence-electron chi connectivity index (χ4n) is 4.63. The molecule has 0 bridgehead atoms. The number of rotatable bonds is 6. The molecule has 0 aromatic heterocycles. The average Bonchev–Trinajstić information content (AvgIpc) is 3.05. The number of halogens is 1. The van der Waals surface area contributed by atoms with E-state index in [0.717, 1.165) is 0 Å². The maximum atomic E-state index is 8.52. The second-order valence-electron chi connectivity index (χ2n) is 9.14. The van der Waals surface area contributed by atoms with Crippen LogP contribution in [-0.2, 0) is 22.4 Å². The van der Waals surface area contributed by atoms with Gasteiger partial charge in [0.25, 0.3) is 0 Å². The molecule has 6 rings (SSSR count). The summed E-state index contributed by atoms with van der Waals surface area (Å²) in [4.78, 5) is 0. The Hall–Kier alpha value is -2.72. The van der Waals surface area contributed by atoms with Gasteiger partial charge >= 0.3 is 22.4 Å². The van der Waals surface area contributed by atoms with Crippen LogP contribution < -0.4 is 44.4 Å². The van der Waals surface area contributed by atoms with E-state index in [1.165, 1.54) is 31.8 Å². The normalized spacial score (nSPS) is 10.2. The van der Waals surface area contributed by atoms with Gasteiger partial charge in [-0.15, -0.1) is 0 Å². The molecule has 43 heavy (non-hydrogen) atoms. The van der Waals surface area contributed by atoms with Gasteiger partial charge in [-0.25, -0.2) is 0 Å². The molecule has 0 aliphatic rings. The van der Waals surface area contributed by atoms with Crippen LogP contribution >= 0.6 is 15.8 Å². The zero-order valence-electron chi connectivity index (χ0n) is 23.2. The van der Waals surface area contributed by atoms with Gasteiger partial charge in [0.2, 0.25) is 14.8 Å². The summed E-state index contributed by atoms with van der Waals surface area (Å²) in [5.41, 5.74) is 0. The molecular formula is C36H32AgBrO3P2+2. The number of hydrogen-bond donors (Lipinski definition) is 0. The van der Waals surface area contributed by atoms with Gasteiger partial charge in [0.15, 0.2) is 0 Å². The smallest absolute Gasteiger partial charge is 0.405 e. The third-order valence-electron chi connectivity index (χ3n) is 6.37. The topological polar surface area (TPSA) is 69.2 Å². The van der Waals surface area contributed by atoms with E-state index in [0.29, 0.717) is 0 Å². The summed E-state index contributed by atoms with van der Waals surface area (Å²) < 4.78 is 25.6. The SMILES string of the molecule is [Ag+].[O-][Br+2]([O-])[O-].c1ccc([PH+](c2ccccc2)c2ccccc2)cc1.c1ccc([PH+](c2ccccc2)c2ccccc2)cc1. The van der Waals surface area contributed by atoms with Gasteiger partial charge in [-0.1, -0.05) is 109 Å². The molecule has 0 aliphatic carbocycles. The summed E-state index contributed by atoms with van der Waals surface area (Å²) in [6.45, 7) is 0. The summed E-state index contributed by atoms with van der Waals surface area (Å²) in [5, 5.41) is 8.61. The summed E-state index contributed by atoms with van der Waals surface area (Å²) in [7, 11) is -1.75. The molecule has 0 aliphatic heterocycles. The third-order valence-corrected chi connectivity index (χ3v) is 11.8. The van der Waals surface area contributed by atoms with E-state index in [1.54, 1.807) is 0 Å². The van der Waals surface area contributed by atoms with Crippen LogP contribution in [0.15, 0.2) is 182 Å². The Morgan fingerprint density at radius 1 is 0.279 bits per heavy atom. The van der Waals surface area contributed by atoms with Crippen molar-refractivity contribution >= 4 is 47.7 Å². The van der Waals surface area contributed by atoms with Crippen LogP contribution in [0.1, 0.15) is 0 Å². The van der Waals surface area contributed by atoms with Gasteiger partial charge in [0, 0.05) is 0 Å². The molecule has 0 amide bonds. The molecule has 0 fully saturated rings. The van der Waals surface area contributed by atoms with Gasteiger partial charge in [0.1, 0.15) is 31.8 Å². The Bertz CT molecular complexity index is 1240. The van der Waals surface area contributed by atoms with Gasteiger partial charge < -0.3 is 12.6 Å². The molecule has 6 aromatic carbocycles. The van der Waals surface area contributed by atoms with E-state index in [2.05, 4.69) is 182 Å². The summed E-state index contributed by atoms with van der Waals surface area (Å²) in [5.74, 6) is 0. The monoisotopic (exact) mass is 760 g/mol. The predicted molar refractivity (Wildman–Crippen MR) is 173 cm³/mol. The first-order chi connectivity index (χ1) is 20.6. The molecule has 0 spiro atoms. The Morgan fingerprint density at radius 2 is 0.395 bits per heavy atom. The molecule has 0 unspecified atom stereocenters. The third kappa shape index (κ3) is 11.4. The van der Waals surface area contributed by atoms with Crippen molar-refractivity contribution in [3.05, 3.63) is 182 Å². The summed E-state index contributed by atoms with van der Waals surface area (Å²) >= 11 is -3.65. The van der Waals surface area contributed by atoms with Crippen LogP contribution in [-0.4, -0.2) is 0 Å². The van der Waals surface area contributed by atoms with Gasteiger partial charge in [0.05, 0.1) is 15.8 Å². The quantitative estimate of drug-likeness (QED) is 0.194. The number of hydrogen-bond acceptors (Lipinski definition) is 3. The molecule has 0 saturated carbocycles. The van der Waals surface area contributed by atoms with Crippen molar-refractivity contribution in [1.82, 2.24) is 0 Å². The van der Waals surface area contributed by atoms with Crippen molar-refractivity contribution in [1.29, 1.82) is 0 Å². The molecule has 0 heterocycles. The van der Waals surface area contributed by atoms with Crippen LogP contribution in [0.3, 0.4) is 0 Å². The average molecular weight is 762 g/mol. The van der Waals surface area contributed by atoms with Crippen LogP contribution in [0, 0.1) is 14.8 Å². The first kappa shape index (κ1) is 34.8. The van der Waals surface area contributed by atoms with E-state index in [9.17, 15) is 0 Å². The minimum absolute atomic E-state index is 0. The molecule has 0 saturated heterocycles. The van der Waals surface area contributed by atoms with Gasteiger partial charge in [-0.05, 0) is 72.8 Å². The Labute approximate surface area is 277 Å². The Balaban J connectivity index is 0.000000206. The van der Waals surface area contributed by atoms with Crippen LogP contribution in [0.25, 0.3) is 0 Å². The molecule has 0 radical (unpaired) electrons. The predicted octanol–water partition coefficient (Wildman–Crippen LogP) is 2.78. The van der Waals surface area contributed by atoms with E-state index in [-0.39, 0.29) is 22.4 Å². The molecule has 0 atom stereocenters. The second-order valence-corrected chi connectivity index (χ2v) is 14.9. The molecule has 3 nitrogen and oxygen atoms in total. The summed E-state index contributed by atoms with van der Waals surface area (Å²) in [6, 6.07) is 65.0. The fraction of sp³-hybridized carbons (Fsp3) is 0. The molecule has 6 aromatic rings. The fourth-order valence-corrected chi connectivity index (χ4v) is 9.78. The van der Waals surface area contributed by atoms with E-state index in [1.807, 2.05) is 0 Å². The first-order valence-corrected chi connectivity index (χ1v) is 18.4. The van der Waals surface area contributed by atoms with E-state index >= 15 is 0 Å². The van der Waals surface area contributed by atoms with E-state index in [4.69, 9.17) is 12.6 Å². The Morgan fingerprint density at radius 3 is 0.512 bits per heavy atom. The van der Waals surface area contributed by atoms with Crippen molar-refractivity contribution in [2.24, 2.45) is 0 Å². The largest absolute Gasteiger partial charge is 1.00 e. The van der Waals surface area contributed by atoms with Gasteiger partial charge in [-0.3, -0.25) is 0 Å². The van der Waals surface area contributed by atoms with Crippen molar-refractivity contribution in [2.45, 2.75) is 0 Å².